The van der Waals surface area contributed by atoms with Crippen LogP contribution in [0.5, 0.6) is 0 Å². The lowest BCUT2D eigenvalue weighted by atomic mass is 10.3. The second-order valence-electron chi connectivity index (χ2n) is 3.86. The summed E-state index contributed by atoms with van der Waals surface area (Å²) in [5.74, 6) is 1.39. The second-order valence-corrected chi connectivity index (χ2v) is 6.14. The van der Waals surface area contributed by atoms with Gasteiger partial charge in [-0.05, 0) is 19.0 Å². The minimum Gasteiger partial charge on any atom is -0.441 e. The number of rotatable bonds is 6. The fourth-order valence-electron chi connectivity index (χ4n) is 1.56. The molecule has 3 nitrogen and oxygen atoms in total. The zero-order chi connectivity index (χ0) is 13.0. The molecule has 2 rings (SSSR count). The zero-order valence-corrected chi connectivity index (χ0v) is 12.3. The smallest absolute Gasteiger partial charge is 0.196 e. The molecule has 18 heavy (non-hydrogen) atoms. The summed E-state index contributed by atoms with van der Waals surface area (Å²) in [7, 11) is 0. The van der Waals surface area contributed by atoms with Gasteiger partial charge in [0, 0.05) is 18.5 Å². The Kier molecular flexibility index (Phi) is 5.06. The van der Waals surface area contributed by atoms with Crippen LogP contribution in [0.2, 0.25) is 8.67 Å². The third kappa shape index (κ3) is 3.48. The van der Waals surface area contributed by atoms with E-state index in [2.05, 4.69) is 17.2 Å². The molecular formula is C12H14Cl2N2OS. The molecule has 0 saturated heterocycles. The average molecular weight is 305 g/mol. The Labute approximate surface area is 120 Å². The first-order chi connectivity index (χ1) is 8.70. The van der Waals surface area contributed by atoms with Crippen LogP contribution in [-0.2, 0) is 6.42 Å². The lowest BCUT2D eigenvalue weighted by Crippen LogP contribution is -2.17. The average Bonchev–Trinajstić information content (AvgIpc) is 2.91. The summed E-state index contributed by atoms with van der Waals surface area (Å²) in [4.78, 5) is 4.24. The first kappa shape index (κ1) is 13.9. The molecule has 98 valence electrons. The van der Waals surface area contributed by atoms with Crippen molar-refractivity contribution >= 4 is 34.5 Å². The molecule has 0 aliphatic carbocycles. The van der Waals surface area contributed by atoms with Crippen molar-refractivity contribution < 1.29 is 4.42 Å². The minimum absolute atomic E-state index is 0.631. The Morgan fingerprint density at radius 3 is 2.89 bits per heavy atom. The van der Waals surface area contributed by atoms with Gasteiger partial charge in [0.1, 0.15) is 4.34 Å². The Morgan fingerprint density at radius 2 is 2.22 bits per heavy atom. The number of halogens is 2. The maximum Gasteiger partial charge on any atom is 0.196 e. The van der Waals surface area contributed by atoms with Gasteiger partial charge in [0.2, 0.25) is 0 Å². The molecule has 0 bridgehead atoms. The van der Waals surface area contributed by atoms with E-state index in [9.17, 15) is 0 Å². The van der Waals surface area contributed by atoms with Crippen LogP contribution < -0.4 is 5.32 Å². The number of aromatic nitrogens is 1. The third-order valence-corrected chi connectivity index (χ3v) is 3.91. The van der Waals surface area contributed by atoms with Gasteiger partial charge in [0.05, 0.1) is 10.5 Å². The lowest BCUT2D eigenvalue weighted by molar-refractivity contribution is 0.495. The SMILES string of the molecule is CCCNCCc1ncc(-c2cc(Cl)sc2Cl)o1. The van der Waals surface area contributed by atoms with E-state index in [0.717, 1.165) is 31.5 Å². The summed E-state index contributed by atoms with van der Waals surface area (Å²) in [6.07, 6.45) is 3.59. The summed E-state index contributed by atoms with van der Waals surface area (Å²) >= 11 is 13.3. The van der Waals surface area contributed by atoms with Crippen molar-refractivity contribution in [2.45, 2.75) is 19.8 Å². The van der Waals surface area contributed by atoms with E-state index >= 15 is 0 Å². The molecule has 0 amide bonds. The van der Waals surface area contributed by atoms with Gasteiger partial charge in [0.15, 0.2) is 11.7 Å². The van der Waals surface area contributed by atoms with Crippen LogP contribution in [0, 0.1) is 0 Å². The Morgan fingerprint density at radius 1 is 1.39 bits per heavy atom. The normalized spacial score (nSPS) is 11.1. The first-order valence-electron chi connectivity index (χ1n) is 5.81. The molecule has 0 fully saturated rings. The molecule has 0 aromatic carbocycles. The monoisotopic (exact) mass is 304 g/mol. The molecule has 1 N–H and O–H groups in total. The predicted octanol–water partition coefficient (Wildman–Crippen LogP) is 4.25. The molecule has 0 unspecified atom stereocenters. The van der Waals surface area contributed by atoms with Gasteiger partial charge < -0.3 is 9.73 Å². The van der Waals surface area contributed by atoms with Gasteiger partial charge in [-0.1, -0.05) is 30.1 Å². The van der Waals surface area contributed by atoms with Crippen molar-refractivity contribution in [3.05, 3.63) is 26.8 Å². The standard InChI is InChI=1S/C12H14Cl2N2OS/c1-2-4-15-5-3-11-16-7-9(17-11)8-6-10(13)18-12(8)14/h6-7,15H,2-5H2,1H3. The summed E-state index contributed by atoms with van der Waals surface area (Å²) in [5, 5.41) is 3.30. The largest absolute Gasteiger partial charge is 0.441 e. The van der Waals surface area contributed by atoms with Crippen molar-refractivity contribution in [2.75, 3.05) is 13.1 Å². The van der Waals surface area contributed by atoms with Gasteiger partial charge in [-0.15, -0.1) is 11.3 Å². The van der Waals surface area contributed by atoms with Crippen LogP contribution in [0.25, 0.3) is 11.3 Å². The number of hydrogen-bond donors (Lipinski definition) is 1. The molecule has 0 spiro atoms. The van der Waals surface area contributed by atoms with E-state index in [1.807, 2.05) is 0 Å². The highest BCUT2D eigenvalue weighted by Crippen LogP contribution is 2.38. The molecular weight excluding hydrogens is 291 g/mol. The van der Waals surface area contributed by atoms with E-state index < -0.39 is 0 Å². The van der Waals surface area contributed by atoms with Crippen LogP contribution >= 0.6 is 34.5 Å². The summed E-state index contributed by atoms with van der Waals surface area (Å²) < 4.78 is 6.94. The molecule has 6 heteroatoms. The Hall–Kier alpha value is -0.550. The number of nitrogens with one attached hydrogen (secondary N) is 1. The van der Waals surface area contributed by atoms with Crippen LogP contribution in [0.3, 0.4) is 0 Å². The Balaban J connectivity index is 1.99. The summed E-state index contributed by atoms with van der Waals surface area (Å²) in [6.45, 7) is 4.02. The molecule has 0 saturated carbocycles. The van der Waals surface area contributed by atoms with Gasteiger partial charge in [-0.2, -0.15) is 0 Å². The fraction of sp³-hybridized carbons (Fsp3) is 0.417. The molecule has 2 heterocycles. The maximum atomic E-state index is 6.07. The van der Waals surface area contributed by atoms with Gasteiger partial charge in [-0.3, -0.25) is 0 Å². The lowest BCUT2D eigenvalue weighted by Gasteiger charge is -1.99. The minimum atomic E-state index is 0.631. The highest BCUT2D eigenvalue weighted by molar-refractivity contribution is 7.20. The number of thiophene rings is 1. The van der Waals surface area contributed by atoms with Crippen molar-refractivity contribution in [3.8, 4) is 11.3 Å². The zero-order valence-electron chi connectivity index (χ0n) is 10.0. The van der Waals surface area contributed by atoms with Crippen molar-refractivity contribution in [1.82, 2.24) is 10.3 Å². The fourth-order valence-corrected chi connectivity index (χ4v) is 3.03. The highest BCUT2D eigenvalue weighted by atomic mass is 35.5. The molecule has 0 atom stereocenters. The Bertz CT molecular complexity index is 510. The highest BCUT2D eigenvalue weighted by Gasteiger charge is 2.13. The molecule has 0 aliphatic rings. The van der Waals surface area contributed by atoms with E-state index in [4.69, 9.17) is 27.6 Å². The van der Waals surface area contributed by atoms with Gasteiger partial charge in [-0.25, -0.2) is 4.98 Å². The van der Waals surface area contributed by atoms with Crippen LogP contribution in [0.15, 0.2) is 16.7 Å². The van der Waals surface area contributed by atoms with Crippen molar-refractivity contribution in [1.29, 1.82) is 0 Å². The van der Waals surface area contributed by atoms with E-state index in [-0.39, 0.29) is 0 Å². The molecule has 2 aromatic rings. The van der Waals surface area contributed by atoms with Crippen LogP contribution in [0.1, 0.15) is 19.2 Å². The van der Waals surface area contributed by atoms with Crippen molar-refractivity contribution in [3.63, 3.8) is 0 Å². The van der Waals surface area contributed by atoms with Crippen LogP contribution in [-0.4, -0.2) is 18.1 Å². The second kappa shape index (κ2) is 6.57. The molecule has 0 aliphatic heterocycles. The van der Waals surface area contributed by atoms with E-state index in [1.165, 1.54) is 11.3 Å². The van der Waals surface area contributed by atoms with Gasteiger partial charge in [0.25, 0.3) is 0 Å². The van der Waals surface area contributed by atoms with E-state index in [1.54, 1.807) is 12.3 Å². The number of oxazole rings is 1. The van der Waals surface area contributed by atoms with Crippen LogP contribution in [0.4, 0.5) is 0 Å². The third-order valence-electron chi connectivity index (χ3n) is 2.42. The summed E-state index contributed by atoms with van der Waals surface area (Å²) in [5.41, 5.74) is 0.812. The predicted molar refractivity (Wildman–Crippen MR) is 76.7 cm³/mol. The first-order valence-corrected chi connectivity index (χ1v) is 7.38. The van der Waals surface area contributed by atoms with E-state index in [0.29, 0.717) is 20.3 Å². The number of nitrogens with zero attached hydrogens (tertiary/aromatic N) is 1. The topological polar surface area (TPSA) is 38.1 Å². The molecule has 2 aromatic heterocycles. The molecule has 0 radical (unpaired) electrons. The quantitative estimate of drug-likeness (QED) is 0.811. The summed E-state index contributed by atoms with van der Waals surface area (Å²) in [6, 6.07) is 1.80. The number of hydrogen-bond acceptors (Lipinski definition) is 4. The van der Waals surface area contributed by atoms with Crippen molar-refractivity contribution in [2.24, 2.45) is 0 Å². The maximum absolute atomic E-state index is 6.07. The van der Waals surface area contributed by atoms with Gasteiger partial charge >= 0.3 is 0 Å².